The molecule has 7 nitrogen and oxygen atoms in total. The van der Waals surface area contributed by atoms with E-state index >= 15 is 0 Å². The maximum Gasteiger partial charge on any atom is 0.439 e. The molecule has 2 atom stereocenters. The number of aliphatic hydroxyl groups is 1. The summed E-state index contributed by atoms with van der Waals surface area (Å²) in [4.78, 5) is 11.7. The zero-order chi connectivity index (χ0) is 18.6. The highest BCUT2D eigenvalue weighted by Crippen LogP contribution is 2.23. The molecule has 0 saturated heterocycles. The van der Waals surface area contributed by atoms with Crippen molar-refractivity contribution in [3.63, 3.8) is 0 Å². The van der Waals surface area contributed by atoms with Crippen LogP contribution in [0.2, 0.25) is 0 Å². The lowest BCUT2D eigenvalue weighted by atomic mass is 10.2. The van der Waals surface area contributed by atoms with Crippen LogP contribution in [0.4, 0.5) is 13.2 Å². The molecule has 1 unspecified atom stereocenters. The van der Waals surface area contributed by atoms with Crippen LogP contribution in [0, 0.1) is 0 Å². The molecule has 25 heavy (non-hydrogen) atoms. The summed E-state index contributed by atoms with van der Waals surface area (Å²) in [5.74, 6) is -0.288. The normalized spacial score (nSPS) is 14.3. The van der Waals surface area contributed by atoms with Gasteiger partial charge in [0.1, 0.15) is 5.75 Å². The van der Waals surface area contributed by atoms with Gasteiger partial charge in [-0.1, -0.05) is 0 Å². The van der Waals surface area contributed by atoms with Gasteiger partial charge in [0.25, 0.3) is 0 Å². The van der Waals surface area contributed by atoms with Gasteiger partial charge in [0.05, 0.1) is 6.61 Å². The molecule has 0 aliphatic rings. The van der Waals surface area contributed by atoms with Crippen molar-refractivity contribution in [3.8, 4) is 17.2 Å². The van der Waals surface area contributed by atoms with Crippen molar-refractivity contribution in [3.05, 3.63) is 34.8 Å². The molecule has 1 N–H and O–H groups in total. The number of aliphatic hydroxyl groups excluding tert-OH is 1. The molecule has 0 amide bonds. The van der Waals surface area contributed by atoms with E-state index in [2.05, 4.69) is 5.10 Å². The number of nitrogens with zero attached hydrogens (tertiary/aromatic N) is 2. The Morgan fingerprint density at radius 3 is 2.52 bits per heavy atom. The number of halogens is 3. The second-order valence-corrected chi connectivity index (χ2v) is 5.17. The first-order chi connectivity index (χ1) is 11.7. The Kier molecular flexibility index (Phi) is 5.85. The number of rotatable bonds is 7. The lowest BCUT2D eigenvalue weighted by molar-refractivity contribution is -0.206. The molecule has 1 aromatic heterocycles. The first-order valence-corrected chi connectivity index (χ1v) is 7.33. The Morgan fingerprint density at radius 1 is 1.32 bits per heavy atom. The number of hydrogen-bond donors (Lipinski definition) is 1. The second-order valence-electron chi connectivity index (χ2n) is 5.17. The van der Waals surface area contributed by atoms with Crippen LogP contribution in [0.3, 0.4) is 0 Å². The summed E-state index contributed by atoms with van der Waals surface area (Å²) < 4.78 is 52.7. The average molecular weight is 362 g/mol. The van der Waals surface area contributed by atoms with E-state index in [0.717, 1.165) is 4.68 Å². The van der Waals surface area contributed by atoms with Gasteiger partial charge in [-0.25, -0.2) is 4.79 Å². The van der Waals surface area contributed by atoms with Crippen molar-refractivity contribution >= 4 is 0 Å². The van der Waals surface area contributed by atoms with Crippen molar-refractivity contribution < 1.29 is 32.2 Å². The summed E-state index contributed by atoms with van der Waals surface area (Å²) in [6.07, 6.45) is -8.25. The van der Waals surface area contributed by atoms with E-state index in [0.29, 0.717) is 11.3 Å². The average Bonchev–Trinajstić information content (AvgIpc) is 2.95. The molecule has 0 radical (unpaired) electrons. The van der Waals surface area contributed by atoms with E-state index in [9.17, 15) is 18.0 Å². The Balaban J connectivity index is 1.99. The Hall–Kier alpha value is -2.33. The second kappa shape index (κ2) is 7.70. The van der Waals surface area contributed by atoms with E-state index in [1.165, 1.54) is 19.2 Å². The summed E-state index contributed by atoms with van der Waals surface area (Å²) in [7, 11) is 1.42. The van der Waals surface area contributed by atoms with Gasteiger partial charge in [-0.2, -0.15) is 17.9 Å². The SMILES string of the molecule is COC(C)n1nc(-c2ccc(OCC[C@@H](O)C(F)(F)F)cc2)oc1=O. The van der Waals surface area contributed by atoms with Crippen molar-refractivity contribution in [1.82, 2.24) is 9.78 Å². The predicted octanol–water partition coefficient (Wildman–Crippen LogP) is 2.36. The van der Waals surface area contributed by atoms with E-state index < -0.39 is 30.7 Å². The fraction of sp³-hybridized carbons (Fsp3) is 0.467. The molecular formula is C15H17F3N2O5. The zero-order valence-electron chi connectivity index (χ0n) is 13.5. The minimum absolute atomic E-state index is 0.0768. The van der Waals surface area contributed by atoms with E-state index in [4.69, 9.17) is 19.0 Å². The molecule has 2 rings (SSSR count). The van der Waals surface area contributed by atoms with Crippen molar-refractivity contribution in [1.29, 1.82) is 0 Å². The molecule has 1 aromatic carbocycles. The zero-order valence-corrected chi connectivity index (χ0v) is 13.5. The molecular weight excluding hydrogens is 345 g/mol. The topological polar surface area (TPSA) is 86.7 Å². The highest BCUT2D eigenvalue weighted by molar-refractivity contribution is 5.53. The van der Waals surface area contributed by atoms with E-state index in [-0.39, 0.29) is 12.5 Å². The summed E-state index contributed by atoms with van der Waals surface area (Å²) >= 11 is 0. The van der Waals surface area contributed by atoms with Crippen LogP contribution >= 0.6 is 0 Å². The van der Waals surface area contributed by atoms with E-state index in [1.54, 1.807) is 19.1 Å². The third kappa shape index (κ3) is 4.83. The number of hydrogen-bond acceptors (Lipinski definition) is 6. The molecule has 1 heterocycles. The highest BCUT2D eigenvalue weighted by Gasteiger charge is 2.37. The maximum absolute atomic E-state index is 12.2. The Morgan fingerprint density at radius 2 is 1.96 bits per heavy atom. The summed E-state index contributed by atoms with van der Waals surface area (Å²) in [5, 5.41) is 12.9. The van der Waals surface area contributed by atoms with Crippen molar-refractivity contribution in [2.45, 2.75) is 31.9 Å². The minimum atomic E-state index is -4.66. The van der Waals surface area contributed by atoms with Crippen molar-refractivity contribution in [2.24, 2.45) is 0 Å². The standard InChI is InChI=1S/C15H17F3N2O5/c1-9(23-2)20-14(22)25-13(19-20)10-3-5-11(6-4-10)24-8-7-12(21)15(16,17)18/h3-6,9,12,21H,7-8H2,1-2H3/t9?,12-/m1/s1. The third-order valence-corrected chi connectivity index (χ3v) is 3.39. The van der Waals surface area contributed by atoms with Crippen molar-refractivity contribution in [2.75, 3.05) is 13.7 Å². The quantitative estimate of drug-likeness (QED) is 0.814. The summed E-state index contributed by atoms with van der Waals surface area (Å²) in [6.45, 7) is 1.33. The van der Waals surface area contributed by atoms with Gasteiger partial charge in [0, 0.05) is 19.1 Å². The fourth-order valence-electron chi connectivity index (χ4n) is 1.88. The largest absolute Gasteiger partial charge is 0.493 e. The van der Waals surface area contributed by atoms with Crippen LogP contribution in [0.1, 0.15) is 19.6 Å². The van der Waals surface area contributed by atoms with E-state index in [1.807, 2.05) is 0 Å². The van der Waals surface area contributed by atoms with Gasteiger partial charge < -0.3 is 19.0 Å². The molecule has 2 aromatic rings. The van der Waals surface area contributed by atoms with Crippen LogP contribution in [-0.2, 0) is 4.74 Å². The Bertz CT molecular complexity index is 739. The Labute approximate surface area is 140 Å². The number of alkyl halides is 3. The van der Waals surface area contributed by atoms with Gasteiger partial charge in [0.15, 0.2) is 12.3 Å². The molecule has 0 saturated carbocycles. The number of aromatic nitrogens is 2. The third-order valence-electron chi connectivity index (χ3n) is 3.39. The first-order valence-electron chi connectivity index (χ1n) is 7.33. The molecule has 0 fully saturated rings. The maximum atomic E-state index is 12.2. The van der Waals surface area contributed by atoms with Gasteiger partial charge in [-0.05, 0) is 31.2 Å². The van der Waals surface area contributed by atoms with Gasteiger partial charge in [-0.15, -0.1) is 5.10 Å². The predicted molar refractivity (Wildman–Crippen MR) is 80.1 cm³/mol. The lowest BCUT2D eigenvalue weighted by Crippen LogP contribution is -2.30. The number of ether oxygens (including phenoxy) is 2. The highest BCUT2D eigenvalue weighted by atomic mass is 19.4. The fourth-order valence-corrected chi connectivity index (χ4v) is 1.88. The van der Waals surface area contributed by atoms with Crippen LogP contribution in [0.5, 0.6) is 5.75 Å². The first kappa shape index (κ1) is 19.0. The molecule has 0 aliphatic carbocycles. The number of methoxy groups -OCH3 is 1. The van der Waals surface area contributed by atoms with Gasteiger partial charge >= 0.3 is 11.9 Å². The molecule has 0 aliphatic heterocycles. The summed E-state index contributed by atoms with van der Waals surface area (Å²) in [5.41, 5.74) is 0.488. The smallest absolute Gasteiger partial charge is 0.439 e. The van der Waals surface area contributed by atoms with Crippen LogP contribution in [0.25, 0.3) is 11.5 Å². The van der Waals surface area contributed by atoms with Crippen LogP contribution in [0.15, 0.2) is 33.5 Å². The molecule has 10 heteroatoms. The van der Waals surface area contributed by atoms with Gasteiger partial charge in [-0.3, -0.25) is 0 Å². The van der Waals surface area contributed by atoms with Crippen LogP contribution < -0.4 is 10.5 Å². The van der Waals surface area contributed by atoms with Gasteiger partial charge in [0.2, 0.25) is 5.89 Å². The summed E-state index contributed by atoms with van der Waals surface area (Å²) in [6, 6.07) is 6.08. The molecule has 138 valence electrons. The molecule has 0 spiro atoms. The lowest BCUT2D eigenvalue weighted by Gasteiger charge is -2.14. The van der Waals surface area contributed by atoms with Crippen LogP contribution in [-0.4, -0.2) is 40.9 Å². The molecule has 0 bridgehead atoms. The number of benzene rings is 1. The minimum Gasteiger partial charge on any atom is -0.493 e. The monoisotopic (exact) mass is 362 g/mol.